The predicted octanol–water partition coefficient (Wildman–Crippen LogP) is 3.86. The van der Waals surface area contributed by atoms with Crippen molar-refractivity contribution in [3.05, 3.63) is 102 Å². The number of rotatable bonds is 5. The molecule has 1 amide bonds. The van der Waals surface area contributed by atoms with E-state index < -0.39 is 21.7 Å². The maximum atomic E-state index is 14.1. The van der Waals surface area contributed by atoms with Crippen LogP contribution in [-0.4, -0.2) is 25.1 Å². The van der Waals surface area contributed by atoms with Crippen molar-refractivity contribution in [3.63, 3.8) is 0 Å². The van der Waals surface area contributed by atoms with Gasteiger partial charge in [-0.05, 0) is 71.0 Å². The van der Waals surface area contributed by atoms with Crippen LogP contribution in [0.4, 0.5) is 15.8 Å². The van der Waals surface area contributed by atoms with Crippen molar-refractivity contribution >= 4 is 61.1 Å². The molecular formula is C26H20FN5O3S2. The normalized spacial score (nSPS) is 14.2. The van der Waals surface area contributed by atoms with Gasteiger partial charge in [-0.1, -0.05) is 42.5 Å². The molecule has 0 atom stereocenters. The average Bonchev–Trinajstić information content (AvgIpc) is 3.12. The fraction of sp³-hybridized carbons (Fsp3) is 0.0385. The third kappa shape index (κ3) is 5.05. The van der Waals surface area contributed by atoms with Crippen molar-refractivity contribution in [1.82, 2.24) is 5.43 Å². The Balaban J connectivity index is 1.39. The van der Waals surface area contributed by atoms with Gasteiger partial charge in [0, 0.05) is 11.3 Å². The zero-order valence-electron chi connectivity index (χ0n) is 19.2. The lowest BCUT2D eigenvalue weighted by Crippen LogP contribution is -2.32. The minimum absolute atomic E-state index is 0.0171. The predicted molar refractivity (Wildman–Crippen MR) is 145 cm³/mol. The molecule has 1 aliphatic heterocycles. The number of thiocarbonyl (C=S) groups is 1. The quantitative estimate of drug-likeness (QED) is 0.265. The monoisotopic (exact) mass is 533 g/mol. The number of hydrazone groups is 1. The molecule has 11 heteroatoms. The molecule has 0 saturated carbocycles. The van der Waals surface area contributed by atoms with Crippen LogP contribution in [0.25, 0.3) is 10.8 Å². The Morgan fingerprint density at radius 1 is 1.00 bits per heavy atom. The van der Waals surface area contributed by atoms with Gasteiger partial charge in [-0.3, -0.25) is 10.2 Å². The summed E-state index contributed by atoms with van der Waals surface area (Å²) in [4.78, 5) is 14.9. The van der Waals surface area contributed by atoms with Crippen molar-refractivity contribution in [3.8, 4) is 0 Å². The van der Waals surface area contributed by atoms with E-state index in [4.69, 9.17) is 17.4 Å². The van der Waals surface area contributed by atoms with Crippen molar-refractivity contribution in [2.75, 3.05) is 10.2 Å². The number of halogens is 1. The summed E-state index contributed by atoms with van der Waals surface area (Å²) < 4.78 is 37.0. The number of fused-ring (bicyclic) bond motifs is 2. The Bertz CT molecular complexity index is 1680. The third-order valence-electron chi connectivity index (χ3n) is 5.87. The Morgan fingerprint density at radius 2 is 1.73 bits per heavy atom. The molecule has 0 aromatic heterocycles. The second kappa shape index (κ2) is 9.69. The Kier molecular flexibility index (Phi) is 6.42. The summed E-state index contributed by atoms with van der Waals surface area (Å²) in [6.45, 7) is 0.275. The van der Waals surface area contributed by atoms with E-state index >= 15 is 0 Å². The summed E-state index contributed by atoms with van der Waals surface area (Å²) in [5.41, 5.74) is 4.94. The van der Waals surface area contributed by atoms with E-state index in [1.165, 1.54) is 36.4 Å². The number of hydrogen-bond acceptors (Lipinski definition) is 5. The first-order valence-corrected chi connectivity index (χ1v) is 13.0. The fourth-order valence-corrected chi connectivity index (χ4v) is 4.82. The third-order valence-corrected chi connectivity index (χ3v) is 6.99. The van der Waals surface area contributed by atoms with Crippen molar-refractivity contribution in [2.24, 2.45) is 10.2 Å². The Labute approximate surface area is 217 Å². The largest absolute Gasteiger partial charge is 0.331 e. The van der Waals surface area contributed by atoms with Gasteiger partial charge in [0.25, 0.3) is 5.91 Å². The summed E-state index contributed by atoms with van der Waals surface area (Å²) in [7, 11) is -3.82. The molecule has 0 saturated heterocycles. The molecule has 5 rings (SSSR count). The maximum absolute atomic E-state index is 14.1. The highest BCUT2D eigenvalue weighted by Gasteiger charge is 2.35. The van der Waals surface area contributed by atoms with Crippen LogP contribution in [0.5, 0.6) is 0 Å². The molecule has 1 heterocycles. The van der Waals surface area contributed by atoms with Gasteiger partial charge in [0.05, 0.1) is 17.1 Å². The van der Waals surface area contributed by atoms with E-state index in [-0.39, 0.29) is 22.3 Å². The Morgan fingerprint density at radius 3 is 2.49 bits per heavy atom. The molecule has 1 aliphatic rings. The van der Waals surface area contributed by atoms with Crippen LogP contribution in [0.2, 0.25) is 0 Å². The molecule has 8 nitrogen and oxygen atoms in total. The van der Waals surface area contributed by atoms with Gasteiger partial charge in [0.2, 0.25) is 10.0 Å². The minimum Gasteiger partial charge on any atom is -0.331 e. The first-order chi connectivity index (χ1) is 17.7. The molecule has 0 aliphatic carbocycles. The number of nitrogens with two attached hydrogens (primary N) is 1. The summed E-state index contributed by atoms with van der Waals surface area (Å²) in [5, 5.41) is 14.3. The van der Waals surface area contributed by atoms with Crippen molar-refractivity contribution in [2.45, 2.75) is 11.4 Å². The summed E-state index contributed by atoms with van der Waals surface area (Å²) >= 11 is 5.26. The van der Waals surface area contributed by atoms with E-state index in [0.717, 1.165) is 16.3 Å². The number of nitrogens with zero attached hydrogens (tertiary/aromatic N) is 2. The van der Waals surface area contributed by atoms with Crippen LogP contribution in [0, 0.1) is 5.82 Å². The number of carbonyl (C=O) groups is 1. The van der Waals surface area contributed by atoms with Crippen LogP contribution >= 0.6 is 12.2 Å². The van der Waals surface area contributed by atoms with E-state index in [2.05, 4.69) is 15.8 Å². The first kappa shape index (κ1) is 24.5. The second-order valence-electron chi connectivity index (χ2n) is 8.29. The first-order valence-electron chi connectivity index (χ1n) is 11.1. The summed E-state index contributed by atoms with van der Waals surface area (Å²) in [6.07, 6.45) is 0. The van der Waals surface area contributed by atoms with E-state index in [1.807, 2.05) is 42.5 Å². The molecule has 0 spiro atoms. The van der Waals surface area contributed by atoms with Crippen LogP contribution < -0.4 is 20.8 Å². The van der Waals surface area contributed by atoms with Crippen molar-refractivity contribution < 1.29 is 17.6 Å². The van der Waals surface area contributed by atoms with Gasteiger partial charge in [-0.15, -0.1) is 0 Å². The highest BCUT2D eigenvalue weighted by atomic mass is 32.2. The smallest absolute Gasteiger partial charge is 0.279 e. The molecule has 37 heavy (non-hydrogen) atoms. The van der Waals surface area contributed by atoms with Gasteiger partial charge in [0.15, 0.2) is 10.8 Å². The van der Waals surface area contributed by atoms with Crippen LogP contribution in [0.1, 0.15) is 11.1 Å². The lowest BCUT2D eigenvalue weighted by atomic mass is 10.0. The molecule has 4 N–H and O–H groups in total. The topological polar surface area (TPSA) is 117 Å². The number of primary sulfonamides is 1. The number of anilines is 2. The summed E-state index contributed by atoms with van der Waals surface area (Å²) in [6, 6.07) is 23.5. The molecule has 186 valence electrons. The highest BCUT2D eigenvalue weighted by Crippen LogP contribution is 2.32. The van der Waals surface area contributed by atoms with E-state index in [9.17, 15) is 17.6 Å². The van der Waals surface area contributed by atoms with Crippen LogP contribution in [0.3, 0.4) is 0 Å². The van der Waals surface area contributed by atoms with Gasteiger partial charge in [-0.25, -0.2) is 17.9 Å². The van der Waals surface area contributed by atoms with Gasteiger partial charge in [0.1, 0.15) is 5.82 Å². The zero-order chi connectivity index (χ0) is 26.2. The molecule has 4 aromatic rings. The number of benzene rings is 4. The Hall–Kier alpha value is -4.19. The molecule has 0 fully saturated rings. The number of nitrogens with one attached hydrogen (secondary N) is 2. The molecule has 0 radical (unpaired) electrons. The van der Waals surface area contributed by atoms with Crippen LogP contribution in [0.15, 0.2) is 94.9 Å². The van der Waals surface area contributed by atoms with E-state index in [0.29, 0.717) is 16.9 Å². The molecule has 0 unspecified atom stereocenters. The highest BCUT2D eigenvalue weighted by molar-refractivity contribution is 7.89. The van der Waals surface area contributed by atoms with Gasteiger partial charge < -0.3 is 10.2 Å². The minimum atomic E-state index is -3.82. The number of carbonyl (C=O) groups excluding carboxylic acids is 1. The van der Waals surface area contributed by atoms with Crippen molar-refractivity contribution in [1.29, 1.82) is 0 Å². The number of amides is 1. The maximum Gasteiger partial charge on any atom is 0.279 e. The molecular weight excluding hydrogens is 513 g/mol. The molecule has 0 bridgehead atoms. The van der Waals surface area contributed by atoms with E-state index in [1.54, 1.807) is 11.0 Å². The zero-order valence-corrected chi connectivity index (χ0v) is 20.8. The summed E-state index contributed by atoms with van der Waals surface area (Å²) in [5.74, 6) is -0.900. The lowest BCUT2D eigenvalue weighted by molar-refractivity contribution is -0.112. The second-order valence-corrected chi connectivity index (χ2v) is 10.3. The SMILES string of the molecule is NS(=O)(=O)c1ccc(NC(=S)NN=C2C(=O)N(Cc3cccc4ccccc34)c3ccc(F)cc32)cc1. The number of hydrogen-bond donors (Lipinski definition) is 3. The van der Waals surface area contributed by atoms with Crippen LogP contribution in [-0.2, 0) is 21.4 Å². The standard InChI is InChI=1S/C26H20FN5O3S2/c27-18-8-13-23-22(14-18)24(30-31-26(36)29-19-9-11-20(12-10-19)37(28,34)35)25(33)32(23)15-17-6-3-5-16-4-1-2-7-21(16)17/h1-14H,15H2,(H2,28,34,35)(H2,29,31,36). The lowest BCUT2D eigenvalue weighted by Gasteiger charge is -2.18. The van der Waals surface area contributed by atoms with Gasteiger partial charge in [-0.2, -0.15) is 5.10 Å². The molecule has 4 aromatic carbocycles. The number of sulfonamides is 1. The van der Waals surface area contributed by atoms with Gasteiger partial charge >= 0.3 is 0 Å². The fourth-order valence-electron chi connectivity index (χ4n) is 4.15. The average molecular weight is 534 g/mol.